The van der Waals surface area contributed by atoms with Crippen molar-refractivity contribution >= 4 is 38.9 Å². The van der Waals surface area contributed by atoms with Crippen LogP contribution in [0.1, 0.15) is 10.4 Å². The molecular formula is C21H16ClFN2O5S. The summed E-state index contributed by atoms with van der Waals surface area (Å²) in [5.74, 6) is -0.603. The summed E-state index contributed by atoms with van der Waals surface area (Å²) in [6.07, 6.45) is 0. The van der Waals surface area contributed by atoms with Gasteiger partial charge in [-0.05, 0) is 42.5 Å². The highest BCUT2D eigenvalue weighted by atomic mass is 35.5. The molecule has 0 saturated heterocycles. The summed E-state index contributed by atoms with van der Waals surface area (Å²) in [6, 6.07) is 14.1. The first-order chi connectivity index (χ1) is 14.8. The molecule has 4 rings (SSSR count). The molecule has 31 heavy (non-hydrogen) atoms. The van der Waals surface area contributed by atoms with Crippen molar-refractivity contribution in [1.82, 2.24) is 0 Å². The first-order valence-corrected chi connectivity index (χ1v) is 11.0. The van der Waals surface area contributed by atoms with Gasteiger partial charge in [-0.2, -0.15) is 0 Å². The van der Waals surface area contributed by atoms with Crippen LogP contribution in [0.3, 0.4) is 0 Å². The molecule has 3 aromatic rings. The molecule has 1 aliphatic heterocycles. The Morgan fingerprint density at radius 3 is 2.45 bits per heavy atom. The van der Waals surface area contributed by atoms with Crippen molar-refractivity contribution in [2.45, 2.75) is 4.90 Å². The lowest BCUT2D eigenvalue weighted by atomic mass is 10.2. The Labute approximate surface area is 182 Å². The second kappa shape index (κ2) is 8.44. The summed E-state index contributed by atoms with van der Waals surface area (Å²) in [5, 5.41) is 2.60. The zero-order valence-corrected chi connectivity index (χ0v) is 17.5. The van der Waals surface area contributed by atoms with E-state index in [9.17, 15) is 17.6 Å². The number of nitrogens with one attached hydrogen (secondary N) is 2. The van der Waals surface area contributed by atoms with Gasteiger partial charge < -0.3 is 14.8 Å². The Hall–Kier alpha value is -3.30. The SMILES string of the molecule is O=C(Nc1ccc(S(=O)(=O)Nc2ccc3c(c2)OCCO3)cc1F)c1ccccc1Cl. The summed E-state index contributed by atoms with van der Waals surface area (Å²) < 4.78 is 53.1. The average molecular weight is 463 g/mol. The molecule has 0 bridgehead atoms. The number of sulfonamides is 1. The van der Waals surface area contributed by atoms with Gasteiger partial charge in [0.15, 0.2) is 11.5 Å². The number of rotatable bonds is 5. The summed E-state index contributed by atoms with van der Waals surface area (Å²) in [4.78, 5) is 12.0. The van der Waals surface area contributed by atoms with Crippen molar-refractivity contribution in [1.29, 1.82) is 0 Å². The van der Waals surface area contributed by atoms with Crippen molar-refractivity contribution in [2.24, 2.45) is 0 Å². The van der Waals surface area contributed by atoms with Gasteiger partial charge >= 0.3 is 0 Å². The molecule has 0 saturated carbocycles. The van der Waals surface area contributed by atoms with Gasteiger partial charge in [-0.25, -0.2) is 12.8 Å². The van der Waals surface area contributed by atoms with E-state index in [1.54, 1.807) is 18.2 Å². The Morgan fingerprint density at radius 1 is 0.968 bits per heavy atom. The van der Waals surface area contributed by atoms with Crippen LogP contribution in [0.25, 0.3) is 0 Å². The summed E-state index contributed by atoms with van der Waals surface area (Å²) in [5.41, 5.74) is 0.226. The van der Waals surface area contributed by atoms with Crippen LogP contribution in [0.5, 0.6) is 11.5 Å². The third-order valence-corrected chi connectivity index (χ3v) is 6.12. The highest BCUT2D eigenvalue weighted by Gasteiger charge is 2.20. The maximum atomic E-state index is 14.5. The van der Waals surface area contributed by atoms with Gasteiger partial charge in [-0.3, -0.25) is 9.52 Å². The number of anilines is 2. The molecule has 7 nitrogen and oxygen atoms in total. The second-order valence-corrected chi connectivity index (χ2v) is 8.63. The Morgan fingerprint density at radius 2 is 1.71 bits per heavy atom. The highest BCUT2D eigenvalue weighted by molar-refractivity contribution is 7.92. The third-order valence-electron chi connectivity index (χ3n) is 4.41. The quantitative estimate of drug-likeness (QED) is 0.589. The number of amides is 1. The maximum absolute atomic E-state index is 14.5. The first kappa shape index (κ1) is 21.0. The van der Waals surface area contributed by atoms with Gasteiger partial charge in [-0.1, -0.05) is 23.7 Å². The fraction of sp³-hybridized carbons (Fsp3) is 0.0952. The van der Waals surface area contributed by atoms with Crippen LogP contribution in [-0.2, 0) is 10.0 Å². The topological polar surface area (TPSA) is 93.7 Å². The van der Waals surface area contributed by atoms with Gasteiger partial charge in [-0.15, -0.1) is 0 Å². The monoisotopic (exact) mass is 462 g/mol. The lowest BCUT2D eigenvalue weighted by Crippen LogP contribution is -2.17. The van der Waals surface area contributed by atoms with E-state index < -0.39 is 21.7 Å². The van der Waals surface area contributed by atoms with E-state index in [2.05, 4.69) is 10.0 Å². The van der Waals surface area contributed by atoms with Crippen LogP contribution in [0.15, 0.2) is 65.6 Å². The number of hydrogen-bond acceptors (Lipinski definition) is 5. The lowest BCUT2D eigenvalue weighted by Gasteiger charge is -2.19. The number of carbonyl (C=O) groups excluding carboxylic acids is 1. The predicted octanol–water partition coefficient (Wildman–Crippen LogP) is 4.30. The minimum Gasteiger partial charge on any atom is -0.486 e. The molecule has 0 aliphatic carbocycles. The Kier molecular flexibility index (Phi) is 5.71. The van der Waals surface area contributed by atoms with Gasteiger partial charge in [0.1, 0.15) is 19.0 Å². The molecule has 160 valence electrons. The van der Waals surface area contributed by atoms with E-state index in [1.165, 1.54) is 36.4 Å². The van der Waals surface area contributed by atoms with E-state index in [1.807, 2.05) is 0 Å². The number of halogens is 2. The van der Waals surface area contributed by atoms with Gasteiger partial charge in [0.25, 0.3) is 15.9 Å². The molecule has 0 fully saturated rings. The largest absolute Gasteiger partial charge is 0.486 e. The molecule has 1 amide bonds. The van der Waals surface area contributed by atoms with E-state index in [0.29, 0.717) is 24.7 Å². The molecule has 0 aromatic heterocycles. The minimum atomic E-state index is -4.09. The number of fused-ring (bicyclic) bond motifs is 1. The molecule has 10 heteroatoms. The minimum absolute atomic E-state index is 0.167. The molecule has 3 aromatic carbocycles. The van der Waals surface area contributed by atoms with Crippen molar-refractivity contribution in [2.75, 3.05) is 23.3 Å². The smallest absolute Gasteiger partial charge is 0.262 e. The normalized spacial score (nSPS) is 12.8. The Balaban J connectivity index is 1.53. The van der Waals surface area contributed by atoms with E-state index in [0.717, 1.165) is 6.07 Å². The molecule has 2 N–H and O–H groups in total. The molecule has 0 radical (unpaired) electrons. The lowest BCUT2D eigenvalue weighted by molar-refractivity contribution is 0.102. The summed E-state index contributed by atoms with van der Waals surface area (Å²) in [6.45, 7) is 0.770. The fourth-order valence-electron chi connectivity index (χ4n) is 2.92. The van der Waals surface area contributed by atoms with Crippen molar-refractivity contribution in [3.05, 3.63) is 77.1 Å². The number of carbonyl (C=O) groups is 1. The zero-order chi connectivity index (χ0) is 22.0. The molecular weight excluding hydrogens is 447 g/mol. The van der Waals surface area contributed by atoms with E-state index >= 15 is 0 Å². The van der Waals surface area contributed by atoms with Crippen LogP contribution in [0.4, 0.5) is 15.8 Å². The van der Waals surface area contributed by atoms with Crippen LogP contribution in [-0.4, -0.2) is 27.5 Å². The van der Waals surface area contributed by atoms with E-state index in [-0.39, 0.29) is 26.9 Å². The third kappa shape index (κ3) is 4.57. The maximum Gasteiger partial charge on any atom is 0.262 e. The van der Waals surface area contributed by atoms with Crippen LogP contribution in [0.2, 0.25) is 5.02 Å². The highest BCUT2D eigenvalue weighted by Crippen LogP contribution is 2.33. The number of ether oxygens (including phenoxy) is 2. The van der Waals surface area contributed by atoms with Gasteiger partial charge in [0.2, 0.25) is 0 Å². The number of benzene rings is 3. The first-order valence-electron chi connectivity index (χ1n) is 9.11. The Bertz CT molecular complexity index is 1270. The molecule has 1 heterocycles. The summed E-state index contributed by atoms with van der Waals surface area (Å²) >= 11 is 5.97. The zero-order valence-electron chi connectivity index (χ0n) is 15.9. The van der Waals surface area contributed by atoms with Crippen molar-refractivity contribution in [3.63, 3.8) is 0 Å². The molecule has 1 aliphatic rings. The van der Waals surface area contributed by atoms with Gasteiger partial charge in [0, 0.05) is 6.07 Å². The van der Waals surface area contributed by atoms with Crippen LogP contribution in [0, 0.1) is 5.82 Å². The molecule has 0 unspecified atom stereocenters. The van der Waals surface area contributed by atoms with Crippen molar-refractivity contribution in [3.8, 4) is 11.5 Å². The average Bonchev–Trinajstić information content (AvgIpc) is 2.75. The van der Waals surface area contributed by atoms with Crippen LogP contribution < -0.4 is 19.5 Å². The fourth-order valence-corrected chi connectivity index (χ4v) is 4.20. The number of hydrogen-bond donors (Lipinski definition) is 2. The van der Waals surface area contributed by atoms with Gasteiger partial charge in [0.05, 0.1) is 26.9 Å². The van der Waals surface area contributed by atoms with Crippen molar-refractivity contribution < 1.29 is 27.1 Å². The standard InChI is InChI=1S/C21H16ClFN2O5S/c22-16-4-2-1-3-15(16)21(26)24-18-7-6-14(12-17(18)23)31(27,28)25-13-5-8-19-20(11-13)30-10-9-29-19/h1-8,11-12,25H,9-10H2,(H,24,26). The van der Waals surface area contributed by atoms with Crippen LogP contribution >= 0.6 is 11.6 Å². The van der Waals surface area contributed by atoms with E-state index in [4.69, 9.17) is 21.1 Å². The second-order valence-electron chi connectivity index (χ2n) is 6.54. The molecule has 0 atom stereocenters. The molecule has 0 spiro atoms. The predicted molar refractivity (Wildman–Crippen MR) is 114 cm³/mol. The summed E-state index contributed by atoms with van der Waals surface area (Å²) in [7, 11) is -4.09.